The van der Waals surface area contributed by atoms with Crippen molar-refractivity contribution >= 4 is 23.5 Å². The first-order valence-electron chi connectivity index (χ1n) is 6.78. The van der Waals surface area contributed by atoms with Crippen LogP contribution in [-0.4, -0.2) is 30.1 Å². The third kappa shape index (κ3) is 6.49. The van der Waals surface area contributed by atoms with Crippen LogP contribution in [0.3, 0.4) is 0 Å². The topological polar surface area (TPSA) is 75.6 Å². The molecule has 1 rings (SSSR count). The summed E-state index contributed by atoms with van der Waals surface area (Å²) in [7, 11) is 0. The van der Waals surface area contributed by atoms with Crippen molar-refractivity contribution in [1.82, 2.24) is 5.32 Å². The van der Waals surface area contributed by atoms with E-state index in [9.17, 15) is 9.59 Å². The van der Waals surface area contributed by atoms with E-state index in [0.29, 0.717) is 30.2 Å². The molecule has 0 heterocycles. The van der Waals surface area contributed by atoms with E-state index in [4.69, 9.17) is 21.4 Å². The molecule has 0 saturated carbocycles. The molecule has 0 aromatic heterocycles. The maximum Gasteiger partial charge on any atom is 0.306 e. The van der Waals surface area contributed by atoms with Crippen molar-refractivity contribution in [3.63, 3.8) is 0 Å². The summed E-state index contributed by atoms with van der Waals surface area (Å²) in [5.74, 6) is -0.995. The second-order valence-electron chi connectivity index (χ2n) is 4.95. The van der Waals surface area contributed by atoms with Gasteiger partial charge in [0.1, 0.15) is 5.75 Å². The van der Waals surface area contributed by atoms with Crippen molar-refractivity contribution in [2.24, 2.45) is 5.92 Å². The summed E-state index contributed by atoms with van der Waals surface area (Å²) < 4.78 is 5.36. The van der Waals surface area contributed by atoms with Crippen LogP contribution >= 0.6 is 11.6 Å². The molecule has 21 heavy (non-hydrogen) atoms. The number of hydrogen-bond acceptors (Lipinski definition) is 3. The molecule has 0 saturated heterocycles. The molecule has 1 aromatic carbocycles. The summed E-state index contributed by atoms with van der Waals surface area (Å²) >= 11 is 5.96. The number of amides is 1. The number of ether oxygens (including phenoxy) is 1. The van der Waals surface area contributed by atoms with Crippen LogP contribution in [0.1, 0.15) is 25.3 Å². The zero-order valence-corrected chi connectivity index (χ0v) is 12.9. The van der Waals surface area contributed by atoms with Crippen molar-refractivity contribution in [2.75, 3.05) is 13.2 Å². The second kappa shape index (κ2) is 8.52. The Morgan fingerprint density at radius 3 is 2.81 bits per heavy atom. The molecule has 0 aliphatic rings. The number of carbonyl (C=O) groups excluding carboxylic acids is 1. The van der Waals surface area contributed by atoms with Crippen LogP contribution < -0.4 is 10.1 Å². The van der Waals surface area contributed by atoms with Crippen molar-refractivity contribution in [3.05, 3.63) is 28.8 Å². The van der Waals surface area contributed by atoms with E-state index in [2.05, 4.69) is 5.32 Å². The predicted molar refractivity (Wildman–Crippen MR) is 80.7 cm³/mol. The summed E-state index contributed by atoms with van der Waals surface area (Å²) in [6, 6.07) is 5.35. The number of benzene rings is 1. The summed E-state index contributed by atoms with van der Waals surface area (Å²) in [6.45, 7) is 3.87. The molecule has 1 amide bonds. The number of carbonyl (C=O) groups is 2. The van der Waals surface area contributed by atoms with Crippen LogP contribution in [0.5, 0.6) is 5.75 Å². The lowest BCUT2D eigenvalue weighted by Crippen LogP contribution is -2.30. The van der Waals surface area contributed by atoms with Crippen molar-refractivity contribution < 1.29 is 19.4 Å². The van der Waals surface area contributed by atoms with Crippen LogP contribution in [0.25, 0.3) is 0 Å². The predicted octanol–water partition coefficient (Wildman–Crippen LogP) is 2.64. The molecule has 2 N–H and O–H groups in total. The highest BCUT2D eigenvalue weighted by molar-refractivity contribution is 6.32. The van der Waals surface area contributed by atoms with Gasteiger partial charge in [-0.3, -0.25) is 9.59 Å². The maximum absolute atomic E-state index is 11.6. The lowest BCUT2D eigenvalue weighted by Gasteiger charge is -2.10. The van der Waals surface area contributed by atoms with Gasteiger partial charge in [-0.2, -0.15) is 0 Å². The Bertz CT molecular complexity index is 504. The number of carboxylic acid groups (broad SMARTS) is 1. The average Bonchev–Trinajstić information content (AvgIpc) is 2.44. The minimum Gasteiger partial charge on any atom is -0.482 e. The summed E-state index contributed by atoms with van der Waals surface area (Å²) in [5.41, 5.74) is 0.998. The number of hydrogen-bond donors (Lipinski definition) is 2. The quantitative estimate of drug-likeness (QED) is 0.723. The molecule has 0 radical (unpaired) electrons. The van der Waals surface area contributed by atoms with E-state index in [1.54, 1.807) is 19.1 Å². The van der Waals surface area contributed by atoms with Gasteiger partial charge in [0.25, 0.3) is 5.91 Å². The van der Waals surface area contributed by atoms with E-state index in [0.717, 1.165) is 5.56 Å². The number of rotatable bonds is 8. The number of halogens is 1. The van der Waals surface area contributed by atoms with Crippen molar-refractivity contribution in [3.8, 4) is 5.75 Å². The van der Waals surface area contributed by atoms with Crippen LogP contribution in [-0.2, 0) is 9.59 Å². The average molecular weight is 314 g/mol. The van der Waals surface area contributed by atoms with Gasteiger partial charge < -0.3 is 15.2 Å². The second-order valence-corrected chi connectivity index (χ2v) is 5.36. The smallest absolute Gasteiger partial charge is 0.306 e. The first-order valence-corrected chi connectivity index (χ1v) is 7.16. The molecular weight excluding hydrogens is 294 g/mol. The van der Waals surface area contributed by atoms with Gasteiger partial charge in [0.05, 0.1) is 10.9 Å². The minimum atomic E-state index is -0.821. The summed E-state index contributed by atoms with van der Waals surface area (Å²) in [4.78, 5) is 22.2. The minimum absolute atomic E-state index is 0.113. The highest BCUT2D eigenvalue weighted by atomic mass is 35.5. The standard InChI is InChI=1S/C15H20ClNO4/c1-10-5-6-12(16)13(8-10)21-9-14(18)17-7-3-4-11(2)15(19)20/h5-6,8,11H,3-4,7,9H2,1-2H3,(H,17,18)(H,19,20). The Morgan fingerprint density at radius 2 is 2.14 bits per heavy atom. The molecule has 0 aliphatic carbocycles. The van der Waals surface area contributed by atoms with Crippen LogP contribution in [0, 0.1) is 12.8 Å². The zero-order chi connectivity index (χ0) is 15.8. The fraction of sp³-hybridized carbons (Fsp3) is 0.467. The molecule has 5 nitrogen and oxygen atoms in total. The SMILES string of the molecule is Cc1ccc(Cl)c(OCC(=O)NCCCC(C)C(=O)O)c1. The highest BCUT2D eigenvalue weighted by Gasteiger charge is 2.10. The number of aryl methyl sites for hydroxylation is 1. The molecule has 0 bridgehead atoms. The molecule has 0 aliphatic heterocycles. The fourth-order valence-electron chi connectivity index (χ4n) is 1.68. The van der Waals surface area contributed by atoms with Gasteiger partial charge in [-0.15, -0.1) is 0 Å². The van der Waals surface area contributed by atoms with Gasteiger partial charge in [0.2, 0.25) is 0 Å². The summed E-state index contributed by atoms with van der Waals surface area (Å²) in [5, 5.41) is 11.9. The molecule has 6 heteroatoms. The molecule has 1 unspecified atom stereocenters. The van der Waals surface area contributed by atoms with Gasteiger partial charge in [-0.1, -0.05) is 24.6 Å². The molecule has 116 valence electrons. The van der Waals surface area contributed by atoms with Crippen molar-refractivity contribution in [2.45, 2.75) is 26.7 Å². The van der Waals surface area contributed by atoms with Crippen molar-refractivity contribution in [1.29, 1.82) is 0 Å². The van der Waals surface area contributed by atoms with E-state index in [-0.39, 0.29) is 12.5 Å². The Balaban J connectivity index is 2.25. The first kappa shape index (κ1) is 17.3. The Labute approximate surface area is 129 Å². The van der Waals surface area contributed by atoms with E-state index in [1.165, 1.54) is 0 Å². The highest BCUT2D eigenvalue weighted by Crippen LogP contribution is 2.24. The van der Waals surface area contributed by atoms with Gasteiger partial charge in [0, 0.05) is 6.54 Å². The fourth-order valence-corrected chi connectivity index (χ4v) is 1.85. The molecule has 0 fully saturated rings. The molecule has 0 spiro atoms. The Morgan fingerprint density at radius 1 is 1.43 bits per heavy atom. The van der Waals surface area contributed by atoms with E-state index < -0.39 is 11.9 Å². The van der Waals surface area contributed by atoms with E-state index in [1.807, 2.05) is 13.0 Å². The largest absolute Gasteiger partial charge is 0.482 e. The molecule has 1 aromatic rings. The third-order valence-electron chi connectivity index (χ3n) is 3.00. The zero-order valence-electron chi connectivity index (χ0n) is 12.2. The normalized spacial score (nSPS) is 11.8. The molecule has 1 atom stereocenters. The first-order chi connectivity index (χ1) is 9.90. The summed E-state index contributed by atoms with van der Waals surface area (Å²) in [6.07, 6.45) is 1.14. The van der Waals surface area contributed by atoms with Crippen LogP contribution in [0.2, 0.25) is 5.02 Å². The van der Waals surface area contributed by atoms with Crippen LogP contribution in [0.4, 0.5) is 0 Å². The van der Waals surface area contributed by atoms with Gasteiger partial charge in [-0.05, 0) is 37.5 Å². The molecular formula is C15H20ClNO4. The monoisotopic (exact) mass is 313 g/mol. The number of aliphatic carboxylic acids is 1. The number of nitrogens with one attached hydrogen (secondary N) is 1. The third-order valence-corrected chi connectivity index (χ3v) is 3.32. The lowest BCUT2D eigenvalue weighted by molar-refractivity contribution is -0.141. The van der Waals surface area contributed by atoms with Gasteiger partial charge in [-0.25, -0.2) is 0 Å². The van der Waals surface area contributed by atoms with Gasteiger partial charge >= 0.3 is 5.97 Å². The van der Waals surface area contributed by atoms with E-state index >= 15 is 0 Å². The maximum atomic E-state index is 11.6. The Kier molecular flexibility index (Phi) is 7.02. The number of carboxylic acids is 1. The Hall–Kier alpha value is -1.75. The van der Waals surface area contributed by atoms with Crippen LogP contribution in [0.15, 0.2) is 18.2 Å². The van der Waals surface area contributed by atoms with Gasteiger partial charge in [0.15, 0.2) is 6.61 Å². The lowest BCUT2D eigenvalue weighted by atomic mass is 10.1.